The number of amides is 1. The van der Waals surface area contributed by atoms with Crippen LogP contribution in [-0.2, 0) is 4.79 Å². The molecule has 0 saturated carbocycles. The van der Waals surface area contributed by atoms with Crippen LogP contribution in [0.5, 0.6) is 5.75 Å². The molecule has 23 heavy (non-hydrogen) atoms. The fraction of sp³-hybridized carbons (Fsp3) is 0.526. The predicted molar refractivity (Wildman–Crippen MR) is 97.4 cm³/mol. The van der Waals surface area contributed by atoms with Crippen molar-refractivity contribution < 1.29 is 9.53 Å². The highest BCUT2D eigenvalue weighted by Crippen LogP contribution is 2.23. The van der Waals surface area contributed by atoms with E-state index in [1.54, 1.807) is 12.2 Å². The Hall–Kier alpha value is -1.97. The molecule has 0 aromatic heterocycles. The van der Waals surface area contributed by atoms with Crippen LogP contribution < -0.4 is 10.5 Å². The quantitative estimate of drug-likeness (QED) is 0.554. The van der Waals surface area contributed by atoms with Crippen LogP contribution in [0.4, 0.5) is 5.69 Å². The first-order valence-electron chi connectivity index (χ1n) is 8.47. The van der Waals surface area contributed by atoms with Crippen molar-refractivity contribution in [2.45, 2.75) is 40.5 Å². The SMILES string of the molecule is CCCCN(CC)C(=O)/C=C\c1ccc(OCC(C)C)c(N)c1. The molecule has 0 saturated heterocycles. The lowest BCUT2D eigenvalue weighted by molar-refractivity contribution is -0.125. The summed E-state index contributed by atoms with van der Waals surface area (Å²) in [6, 6.07) is 5.61. The summed E-state index contributed by atoms with van der Waals surface area (Å²) in [7, 11) is 0. The van der Waals surface area contributed by atoms with E-state index in [1.807, 2.05) is 30.0 Å². The molecule has 0 bridgehead atoms. The molecule has 128 valence electrons. The van der Waals surface area contributed by atoms with Gasteiger partial charge in [0.2, 0.25) is 5.91 Å². The Morgan fingerprint density at radius 2 is 2.09 bits per heavy atom. The molecular weight excluding hydrogens is 288 g/mol. The van der Waals surface area contributed by atoms with Crippen LogP contribution in [0.2, 0.25) is 0 Å². The van der Waals surface area contributed by atoms with Gasteiger partial charge in [-0.2, -0.15) is 0 Å². The van der Waals surface area contributed by atoms with Gasteiger partial charge in [-0.1, -0.05) is 33.3 Å². The molecule has 4 heteroatoms. The van der Waals surface area contributed by atoms with Gasteiger partial charge in [0.25, 0.3) is 0 Å². The molecule has 0 aliphatic heterocycles. The number of unbranched alkanes of at least 4 members (excludes halogenated alkanes) is 1. The number of nitrogens with zero attached hydrogens (tertiary/aromatic N) is 1. The number of ether oxygens (including phenoxy) is 1. The van der Waals surface area contributed by atoms with Gasteiger partial charge in [-0.25, -0.2) is 0 Å². The van der Waals surface area contributed by atoms with Crippen LogP contribution >= 0.6 is 0 Å². The highest BCUT2D eigenvalue weighted by atomic mass is 16.5. The third kappa shape index (κ3) is 6.76. The van der Waals surface area contributed by atoms with E-state index in [-0.39, 0.29) is 5.91 Å². The van der Waals surface area contributed by atoms with Gasteiger partial charge in [-0.3, -0.25) is 4.79 Å². The molecule has 0 atom stereocenters. The van der Waals surface area contributed by atoms with Gasteiger partial charge in [0.15, 0.2) is 0 Å². The lowest BCUT2D eigenvalue weighted by atomic mass is 10.1. The van der Waals surface area contributed by atoms with Crippen molar-refractivity contribution in [1.82, 2.24) is 4.90 Å². The van der Waals surface area contributed by atoms with Crippen molar-refractivity contribution >= 4 is 17.7 Å². The zero-order valence-electron chi connectivity index (χ0n) is 14.8. The van der Waals surface area contributed by atoms with Crippen molar-refractivity contribution in [1.29, 1.82) is 0 Å². The van der Waals surface area contributed by atoms with E-state index in [2.05, 4.69) is 20.8 Å². The number of carbonyl (C=O) groups is 1. The molecule has 1 aromatic rings. The number of nitrogen functional groups attached to an aromatic ring is 1. The van der Waals surface area contributed by atoms with Gasteiger partial charge in [0.05, 0.1) is 12.3 Å². The van der Waals surface area contributed by atoms with Crippen LogP contribution in [0.1, 0.15) is 46.1 Å². The average molecular weight is 318 g/mol. The first-order chi connectivity index (χ1) is 11.0. The summed E-state index contributed by atoms with van der Waals surface area (Å²) < 4.78 is 5.65. The minimum atomic E-state index is 0.0413. The Bertz CT molecular complexity index is 524. The zero-order valence-corrected chi connectivity index (χ0v) is 14.8. The third-order valence-corrected chi connectivity index (χ3v) is 3.50. The van der Waals surface area contributed by atoms with Gasteiger partial charge in [-0.05, 0) is 43.0 Å². The monoisotopic (exact) mass is 318 g/mol. The number of nitrogens with two attached hydrogens (primary N) is 1. The maximum absolute atomic E-state index is 12.2. The molecule has 4 nitrogen and oxygen atoms in total. The van der Waals surface area contributed by atoms with E-state index in [4.69, 9.17) is 10.5 Å². The number of anilines is 1. The number of carbonyl (C=O) groups excluding carboxylic acids is 1. The van der Waals surface area contributed by atoms with E-state index < -0.39 is 0 Å². The fourth-order valence-corrected chi connectivity index (χ4v) is 2.10. The van der Waals surface area contributed by atoms with Gasteiger partial charge in [-0.15, -0.1) is 0 Å². The lowest BCUT2D eigenvalue weighted by Gasteiger charge is -2.18. The maximum atomic E-state index is 12.2. The summed E-state index contributed by atoms with van der Waals surface area (Å²) in [4.78, 5) is 14.0. The third-order valence-electron chi connectivity index (χ3n) is 3.50. The first kappa shape index (κ1) is 19.1. The number of hydrogen-bond donors (Lipinski definition) is 1. The Labute approximate surface area is 140 Å². The smallest absolute Gasteiger partial charge is 0.246 e. The van der Waals surface area contributed by atoms with Gasteiger partial charge >= 0.3 is 0 Å². The van der Waals surface area contributed by atoms with Gasteiger partial charge in [0.1, 0.15) is 5.75 Å². The zero-order chi connectivity index (χ0) is 17.2. The van der Waals surface area contributed by atoms with Crippen molar-refractivity contribution in [2.24, 2.45) is 5.92 Å². The van der Waals surface area contributed by atoms with Crippen molar-refractivity contribution in [3.05, 3.63) is 29.8 Å². The Balaban J connectivity index is 2.69. The molecule has 0 spiro atoms. The molecule has 0 radical (unpaired) electrons. The first-order valence-corrected chi connectivity index (χ1v) is 8.47. The minimum Gasteiger partial charge on any atom is -0.491 e. The van der Waals surface area contributed by atoms with Crippen LogP contribution in [0.25, 0.3) is 6.08 Å². The normalized spacial score (nSPS) is 11.2. The van der Waals surface area contributed by atoms with Crippen LogP contribution in [0.3, 0.4) is 0 Å². The van der Waals surface area contributed by atoms with Gasteiger partial charge in [0, 0.05) is 19.2 Å². The van der Waals surface area contributed by atoms with Crippen molar-refractivity contribution in [2.75, 3.05) is 25.4 Å². The number of hydrogen-bond acceptors (Lipinski definition) is 3. The van der Waals surface area contributed by atoms with E-state index in [0.717, 1.165) is 31.5 Å². The molecule has 2 N–H and O–H groups in total. The molecule has 1 amide bonds. The van der Waals surface area contributed by atoms with Crippen LogP contribution in [-0.4, -0.2) is 30.5 Å². The van der Waals surface area contributed by atoms with E-state index in [0.29, 0.717) is 24.0 Å². The minimum absolute atomic E-state index is 0.0413. The Morgan fingerprint density at radius 1 is 1.35 bits per heavy atom. The molecule has 0 heterocycles. The summed E-state index contributed by atoms with van der Waals surface area (Å²) in [5.41, 5.74) is 7.51. The van der Waals surface area contributed by atoms with Gasteiger partial charge < -0.3 is 15.4 Å². The second-order valence-electron chi connectivity index (χ2n) is 6.11. The highest BCUT2D eigenvalue weighted by Gasteiger charge is 2.07. The summed E-state index contributed by atoms with van der Waals surface area (Å²) in [5.74, 6) is 1.19. The molecule has 1 aromatic carbocycles. The largest absolute Gasteiger partial charge is 0.491 e. The predicted octanol–water partition coefficient (Wildman–Crippen LogP) is 3.97. The Morgan fingerprint density at radius 3 is 2.65 bits per heavy atom. The van der Waals surface area contributed by atoms with Crippen molar-refractivity contribution in [3.63, 3.8) is 0 Å². The second-order valence-corrected chi connectivity index (χ2v) is 6.11. The molecule has 0 aliphatic carbocycles. The van der Waals surface area contributed by atoms with E-state index in [1.165, 1.54) is 0 Å². The number of rotatable bonds is 9. The van der Waals surface area contributed by atoms with Crippen LogP contribution in [0, 0.1) is 5.92 Å². The lowest BCUT2D eigenvalue weighted by Crippen LogP contribution is -2.30. The topological polar surface area (TPSA) is 55.6 Å². The van der Waals surface area contributed by atoms with Crippen molar-refractivity contribution in [3.8, 4) is 5.75 Å². The summed E-state index contributed by atoms with van der Waals surface area (Å²) >= 11 is 0. The second kappa shape index (κ2) is 9.93. The fourth-order valence-electron chi connectivity index (χ4n) is 2.10. The number of benzene rings is 1. The Kier molecular flexibility index (Phi) is 8.23. The number of likely N-dealkylation sites (N-methyl/N-ethyl adjacent to an activating group) is 1. The maximum Gasteiger partial charge on any atom is 0.246 e. The standard InChI is InChI=1S/C19H30N2O2/c1-5-7-12-21(6-2)19(22)11-9-16-8-10-18(17(20)13-16)23-14-15(3)4/h8-11,13,15H,5-7,12,14,20H2,1-4H3/b11-9-. The molecule has 1 rings (SSSR count). The summed E-state index contributed by atoms with van der Waals surface area (Å²) in [5, 5.41) is 0. The molecule has 0 fully saturated rings. The molecule has 0 unspecified atom stereocenters. The van der Waals surface area contributed by atoms with Crippen LogP contribution in [0.15, 0.2) is 24.3 Å². The summed E-state index contributed by atoms with van der Waals surface area (Å²) in [6.07, 6.45) is 5.53. The van der Waals surface area contributed by atoms with E-state index >= 15 is 0 Å². The van der Waals surface area contributed by atoms with E-state index in [9.17, 15) is 4.79 Å². The molecule has 0 aliphatic rings. The summed E-state index contributed by atoms with van der Waals surface area (Å²) in [6.45, 7) is 10.5. The average Bonchev–Trinajstić information content (AvgIpc) is 2.52. The highest BCUT2D eigenvalue weighted by molar-refractivity contribution is 5.92. The molecular formula is C19H30N2O2.